The Kier molecular flexibility index (Phi) is 8.19. The van der Waals surface area contributed by atoms with Gasteiger partial charge in [0.1, 0.15) is 12.1 Å². The topological polar surface area (TPSA) is 76.2 Å². The molecule has 7 nitrogen and oxygen atoms in total. The lowest BCUT2D eigenvalue weighted by molar-refractivity contribution is -0.159. The molecule has 0 bridgehead atoms. The van der Waals surface area contributed by atoms with Crippen LogP contribution in [0.4, 0.5) is 4.79 Å². The van der Waals surface area contributed by atoms with E-state index >= 15 is 0 Å². The van der Waals surface area contributed by atoms with Crippen molar-refractivity contribution in [2.75, 3.05) is 26.3 Å². The Morgan fingerprint density at radius 1 is 0.885 bits per heavy atom. The van der Waals surface area contributed by atoms with Gasteiger partial charge in [-0.15, -0.1) is 0 Å². The number of ether oxygens (including phenoxy) is 2. The number of carbonyl (C=O) groups excluding carboxylic acids is 3. The van der Waals surface area contributed by atoms with E-state index in [0.29, 0.717) is 32.5 Å². The van der Waals surface area contributed by atoms with Crippen LogP contribution in [0.25, 0.3) is 0 Å². The van der Waals surface area contributed by atoms with Gasteiger partial charge in [-0.3, -0.25) is 9.69 Å². The summed E-state index contributed by atoms with van der Waals surface area (Å²) in [7, 11) is 0. The minimum absolute atomic E-state index is 0.144. The second-order valence-electron chi connectivity index (χ2n) is 6.97. The second kappa shape index (κ2) is 10.4. The van der Waals surface area contributed by atoms with Gasteiger partial charge in [-0.05, 0) is 51.9 Å². The third-order valence-corrected chi connectivity index (χ3v) is 5.09. The summed E-state index contributed by atoms with van der Waals surface area (Å²) >= 11 is 0. The van der Waals surface area contributed by atoms with Crippen LogP contribution < -0.4 is 0 Å². The average molecular weight is 368 g/mol. The van der Waals surface area contributed by atoms with Crippen molar-refractivity contribution in [3.05, 3.63) is 0 Å². The molecule has 2 heterocycles. The van der Waals surface area contributed by atoms with Gasteiger partial charge in [0, 0.05) is 13.1 Å². The van der Waals surface area contributed by atoms with Crippen LogP contribution in [0, 0.1) is 0 Å². The number of carbonyl (C=O) groups is 3. The zero-order chi connectivity index (χ0) is 18.9. The molecule has 2 atom stereocenters. The number of piperidine rings is 2. The van der Waals surface area contributed by atoms with E-state index < -0.39 is 18.2 Å². The minimum Gasteiger partial charge on any atom is -0.464 e. The minimum atomic E-state index is -0.535. The van der Waals surface area contributed by atoms with Crippen LogP contribution in [-0.4, -0.2) is 66.2 Å². The SMILES string of the molecule is CCCCOC(=O)C1CCCCN1C(=O)C1CCCCN1C(=O)OCC. The Hall–Kier alpha value is -1.79. The molecule has 2 fully saturated rings. The number of esters is 1. The van der Waals surface area contributed by atoms with Crippen LogP contribution in [0.15, 0.2) is 0 Å². The monoisotopic (exact) mass is 368 g/mol. The Morgan fingerprint density at radius 3 is 2.19 bits per heavy atom. The molecule has 2 unspecified atom stereocenters. The van der Waals surface area contributed by atoms with E-state index in [9.17, 15) is 14.4 Å². The van der Waals surface area contributed by atoms with Crippen LogP contribution in [0.1, 0.15) is 65.2 Å². The van der Waals surface area contributed by atoms with Crippen LogP contribution in [0.3, 0.4) is 0 Å². The van der Waals surface area contributed by atoms with Gasteiger partial charge in [0.05, 0.1) is 13.2 Å². The molecule has 2 saturated heterocycles. The fourth-order valence-corrected chi connectivity index (χ4v) is 3.66. The molecule has 2 amide bonds. The molecule has 0 aromatic carbocycles. The number of rotatable bonds is 6. The maximum absolute atomic E-state index is 13.2. The number of amides is 2. The van der Waals surface area contributed by atoms with E-state index in [2.05, 4.69) is 0 Å². The van der Waals surface area contributed by atoms with Crippen LogP contribution in [0.5, 0.6) is 0 Å². The lowest BCUT2D eigenvalue weighted by Crippen LogP contribution is -2.58. The number of hydrogen-bond donors (Lipinski definition) is 0. The summed E-state index contributed by atoms with van der Waals surface area (Å²) < 4.78 is 10.5. The van der Waals surface area contributed by atoms with E-state index in [0.717, 1.165) is 38.5 Å². The van der Waals surface area contributed by atoms with Crippen molar-refractivity contribution in [3.8, 4) is 0 Å². The quantitative estimate of drug-likeness (QED) is 0.532. The van der Waals surface area contributed by atoms with Gasteiger partial charge in [-0.25, -0.2) is 9.59 Å². The maximum atomic E-state index is 13.2. The highest BCUT2D eigenvalue weighted by atomic mass is 16.6. The van der Waals surface area contributed by atoms with Gasteiger partial charge >= 0.3 is 12.1 Å². The van der Waals surface area contributed by atoms with E-state index in [1.54, 1.807) is 11.8 Å². The number of likely N-dealkylation sites (tertiary alicyclic amines) is 2. The number of unbranched alkanes of at least 4 members (excludes halogenated alkanes) is 1. The van der Waals surface area contributed by atoms with Crippen LogP contribution >= 0.6 is 0 Å². The third-order valence-electron chi connectivity index (χ3n) is 5.09. The van der Waals surface area contributed by atoms with Gasteiger partial charge < -0.3 is 14.4 Å². The molecule has 2 aliphatic rings. The molecule has 148 valence electrons. The average Bonchev–Trinajstić information content (AvgIpc) is 2.67. The van der Waals surface area contributed by atoms with E-state index in [1.807, 2.05) is 6.92 Å². The molecule has 2 aliphatic heterocycles. The summed E-state index contributed by atoms with van der Waals surface area (Å²) in [5, 5.41) is 0. The van der Waals surface area contributed by atoms with E-state index in [4.69, 9.17) is 9.47 Å². The summed E-state index contributed by atoms with van der Waals surface area (Å²) in [6, 6.07) is -1.06. The Morgan fingerprint density at radius 2 is 1.54 bits per heavy atom. The number of hydrogen-bond acceptors (Lipinski definition) is 5. The number of nitrogens with zero attached hydrogens (tertiary/aromatic N) is 2. The fourth-order valence-electron chi connectivity index (χ4n) is 3.66. The van der Waals surface area contributed by atoms with Gasteiger partial charge in [-0.1, -0.05) is 13.3 Å². The van der Waals surface area contributed by atoms with Crippen molar-refractivity contribution in [1.29, 1.82) is 0 Å². The summed E-state index contributed by atoms with van der Waals surface area (Å²) in [5.74, 6) is -0.458. The Bertz CT molecular complexity index is 496. The molecule has 0 radical (unpaired) electrons. The first-order valence-corrected chi connectivity index (χ1v) is 10.0. The van der Waals surface area contributed by atoms with Gasteiger partial charge in [-0.2, -0.15) is 0 Å². The lowest BCUT2D eigenvalue weighted by Gasteiger charge is -2.40. The first-order valence-electron chi connectivity index (χ1n) is 10.0. The van der Waals surface area contributed by atoms with Gasteiger partial charge in [0.2, 0.25) is 5.91 Å². The zero-order valence-corrected chi connectivity index (χ0v) is 16.1. The standard InChI is InChI=1S/C19H32N2O5/c1-3-5-14-26-18(23)16-11-7-8-12-20(16)17(22)15-10-6-9-13-21(15)19(24)25-4-2/h15-16H,3-14H2,1-2H3. The summed E-state index contributed by atoms with van der Waals surface area (Å²) in [6.45, 7) is 5.54. The van der Waals surface area contributed by atoms with Crippen LogP contribution in [-0.2, 0) is 19.1 Å². The molecule has 0 saturated carbocycles. The van der Waals surface area contributed by atoms with E-state index in [1.165, 1.54) is 4.90 Å². The summed E-state index contributed by atoms with van der Waals surface area (Å²) in [4.78, 5) is 41.0. The smallest absolute Gasteiger partial charge is 0.410 e. The first-order chi connectivity index (χ1) is 12.6. The molecule has 0 aliphatic carbocycles. The molecule has 0 N–H and O–H groups in total. The molecule has 0 aromatic rings. The highest BCUT2D eigenvalue weighted by molar-refractivity contribution is 5.90. The maximum Gasteiger partial charge on any atom is 0.410 e. The molecule has 2 rings (SSSR count). The summed E-state index contributed by atoms with van der Waals surface area (Å²) in [6.07, 6.45) is 6.12. The molecule has 26 heavy (non-hydrogen) atoms. The Balaban J connectivity index is 2.07. The first kappa shape index (κ1) is 20.5. The summed E-state index contributed by atoms with van der Waals surface area (Å²) in [5.41, 5.74) is 0. The van der Waals surface area contributed by atoms with Gasteiger partial charge in [0.25, 0.3) is 0 Å². The van der Waals surface area contributed by atoms with Gasteiger partial charge in [0.15, 0.2) is 0 Å². The predicted molar refractivity (Wildman–Crippen MR) is 96.6 cm³/mol. The normalized spacial score (nSPS) is 23.5. The zero-order valence-electron chi connectivity index (χ0n) is 16.1. The van der Waals surface area contributed by atoms with Crippen molar-refractivity contribution >= 4 is 18.0 Å². The second-order valence-corrected chi connectivity index (χ2v) is 6.97. The van der Waals surface area contributed by atoms with Crippen molar-refractivity contribution in [2.24, 2.45) is 0 Å². The highest BCUT2D eigenvalue weighted by Crippen LogP contribution is 2.25. The lowest BCUT2D eigenvalue weighted by atomic mass is 9.97. The molecular formula is C19H32N2O5. The molecule has 0 spiro atoms. The van der Waals surface area contributed by atoms with Crippen molar-refractivity contribution in [3.63, 3.8) is 0 Å². The largest absolute Gasteiger partial charge is 0.464 e. The Labute approximate surface area is 156 Å². The molecular weight excluding hydrogens is 336 g/mol. The van der Waals surface area contributed by atoms with Crippen molar-refractivity contribution < 1.29 is 23.9 Å². The fraction of sp³-hybridized carbons (Fsp3) is 0.842. The van der Waals surface area contributed by atoms with Crippen molar-refractivity contribution in [2.45, 2.75) is 77.3 Å². The molecule has 0 aromatic heterocycles. The van der Waals surface area contributed by atoms with Crippen LogP contribution in [0.2, 0.25) is 0 Å². The van der Waals surface area contributed by atoms with Crippen molar-refractivity contribution in [1.82, 2.24) is 9.80 Å². The van der Waals surface area contributed by atoms with E-state index in [-0.39, 0.29) is 18.5 Å². The third kappa shape index (κ3) is 5.11. The highest BCUT2D eigenvalue weighted by Gasteiger charge is 2.40. The predicted octanol–water partition coefficient (Wildman–Crippen LogP) is 2.72. The molecule has 7 heteroatoms.